The maximum atomic E-state index is 5.68. The van der Waals surface area contributed by atoms with Gasteiger partial charge >= 0.3 is 0 Å². The number of ether oxygens (including phenoxy) is 2. The SMILES string of the molecule is COc1[nH]c(OCc2ccc[nH]2)c(C)c1C. The van der Waals surface area contributed by atoms with Gasteiger partial charge in [0.1, 0.15) is 6.61 Å². The molecule has 0 spiro atoms. The molecule has 0 amide bonds. The molecule has 2 heterocycles. The van der Waals surface area contributed by atoms with Gasteiger partial charge in [0.25, 0.3) is 0 Å². The van der Waals surface area contributed by atoms with E-state index in [1.807, 2.05) is 32.2 Å². The lowest BCUT2D eigenvalue weighted by molar-refractivity contribution is 0.286. The number of aromatic nitrogens is 2. The summed E-state index contributed by atoms with van der Waals surface area (Å²) in [5.74, 6) is 1.53. The lowest BCUT2D eigenvalue weighted by atomic mass is 10.2. The highest BCUT2D eigenvalue weighted by molar-refractivity contribution is 5.42. The lowest BCUT2D eigenvalue weighted by Gasteiger charge is -2.03. The Hall–Kier alpha value is -1.84. The summed E-state index contributed by atoms with van der Waals surface area (Å²) in [7, 11) is 1.65. The number of methoxy groups -OCH3 is 1. The fourth-order valence-corrected chi connectivity index (χ4v) is 1.59. The van der Waals surface area contributed by atoms with Crippen molar-refractivity contribution in [1.29, 1.82) is 0 Å². The van der Waals surface area contributed by atoms with Gasteiger partial charge in [-0.05, 0) is 26.0 Å². The van der Waals surface area contributed by atoms with Crippen LogP contribution in [-0.4, -0.2) is 17.1 Å². The molecular weight excluding hydrogens is 204 g/mol. The topological polar surface area (TPSA) is 50.0 Å². The van der Waals surface area contributed by atoms with Crippen LogP contribution in [0.2, 0.25) is 0 Å². The van der Waals surface area contributed by atoms with Crippen LogP contribution in [0.1, 0.15) is 16.8 Å². The summed E-state index contributed by atoms with van der Waals surface area (Å²) in [5, 5.41) is 0. The van der Waals surface area contributed by atoms with E-state index in [0.717, 1.165) is 28.6 Å². The van der Waals surface area contributed by atoms with Crippen molar-refractivity contribution in [2.75, 3.05) is 7.11 Å². The van der Waals surface area contributed by atoms with Gasteiger partial charge in [0.15, 0.2) is 11.8 Å². The third-order valence-electron chi connectivity index (χ3n) is 2.71. The molecule has 0 saturated carbocycles. The van der Waals surface area contributed by atoms with E-state index in [1.54, 1.807) is 7.11 Å². The molecule has 0 unspecified atom stereocenters. The normalized spacial score (nSPS) is 10.4. The molecule has 4 nitrogen and oxygen atoms in total. The van der Waals surface area contributed by atoms with Crippen molar-refractivity contribution in [3.63, 3.8) is 0 Å². The van der Waals surface area contributed by atoms with E-state index in [4.69, 9.17) is 9.47 Å². The number of hydrogen-bond donors (Lipinski definition) is 2. The second-order valence-electron chi connectivity index (χ2n) is 3.72. The highest BCUT2D eigenvalue weighted by Gasteiger charge is 2.11. The Kier molecular flexibility index (Phi) is 2.90. The van der Waals surface area contributed by atoms with E-state index < -0.39 is 0 Å². The van der Waals surface area contributed by atoms with Crippen LogP contribution in [0.5, 0.6) is 11.8 Å². The fraction of sp³-hybridized carbons (Fsp3) is 0.333. The van der Waals surface area contributed by atoms with Crippen LogP contribution in [0.15, 0.2) is 18.3 Å². The number of rotatable bonds is 4. The van der Waals surface area contributed by atoms with Crippen LogP contribution in [0.3, 0.4) is 0 Å². The second-order valence-corrected chi connectivity index (χ2v) is 3.72. The maximum absolute atomic E-state index is 5.68. The summed E-state index contributed by atoms with van der Waals surface area (Å²) < 4.78 is 10.9. The van der Waals surface area contributed by atoms with E-state index in [9.17, 15) is 0 Å². The first-order chi connectivity index (χ1) is 7.72. The third kappa shape index (κ3) is 1.91. The second kappa shape index (κ2) is 4.35. The molecule has 2 aromatic rings. The zero-order chi connectivity index (χ0) is 11.5. The van der Waals surface area contributed by atoms with Crippen molar-refractivity contribution < 1.29 is 9.47 Å². The number of aromatic amines is 2. The largest absolute Gasteiger partial charge is 0.482 e. The van der Waals surface area contributed by atoms with Crippen molar-refractivity contribution in [2.24, 2.45) is 0 Å². The Morgan fingerprint density at radius 2 is 1.94 bits per heavy atom. The van der Waals surface area contributed by atoms with E-state index in [0.29, 0.717) is 6.61 Å². The zero-order valence-corrected chi connectivity index (χ0v) is 9.76. The average Bonchev–Trinajstić information content (AvgIpc) is 2.88. The Morgan fingerprint density at radius 3 is 2.50 bits per heavy atom. The predicted molar refractivity (Wildman–Crippen MR) is 61.9 cm³/mol. The lowest BCUT2D eigenvalue weighted by Crippen LogP contribution is -1.96. The molecule has 2 aromatic heterocycles. The first-order valence-electron chi connectivity index (χ1n) is 5.20. The minimum atomic E-state index is 0.525. The van der Waals surface area contributed by atoms with Gasteiger partial charge in [-0.1, -0.05) is 0 Å². The highest BCUT2D eigenvalue weighted by atomic mass is 16.5. The Morgan fingerprint density at radius 1 is 1.19 bits per heavy atom. The van der Waals surface area contributed by atoms with Crippen molar-refractivity contribution in [1.82, 2.24) is 9.97 Å². The molecule has 0 saturated heterocycles. The number of nitrogens with one attached hydrogen (secondary N) is 2. The molecule has 16 heavy (non-hydrogen) atoms. The zero-order valence-electron chi connectivity index (χ0n) is 9.76. The van der Waals surface area contributed by atoms with Crippen LogP contribution in [0.25, 0.3) is 0 Å². The van der Waals surface area contributed by atoms with Gasteiger partial charge in [-0.25, -0.2) is 0 Å². The van der Waals surface area contributed by atoms with Crippen LogP contribution >= 0.6 is 0 Å². The molecule has 2 rings (SSSR count). The van der Waals surface area contributed by atoms with Crippen molar-refractivity contribution in [2.45, 2.75) is 20.5 Å². The number of H-pyrrole nitrogens is 2. The maximum Gasteiger partial charge on any atom is 0.197 e. The average molecular weight is 220 g/mol. The minimum Gasteiger partial charge on any atom is -0.482 e. The summed E-state index contributed by atoms with van der Waals surface area (Å²) in [6, 6.07) is 3.94. The summed E-state index contributed by atoms with van der Waals surface area (Å²) in [5.41, 5.74) is 3.22. The van der Waals surface area contributed by atoms with Crippen molar-refractivity contribution in [3.8, 4) is 11.8 Å². The molecule has 4 heteroatoms. The molecule has 0 fully saturated rings. The first-order valence-corrected chi connectivity index (χ1v) is 5.20. The monoisotopic (exact) mass is 220 g/mol. The van der Waals surface area contributed by atoms with E-state index >= 15 is 0 Å². The Balaban J connectivity index is 2.10. The van der Waals surface area contributed by atoms with Crippen LogP contribution < -0.4 is 9.47 Å². The summed E-state index contributed by atoms with van der Waals surface area (Å²) >= 11 is 0. The van der Waals surface area contributed by atoms with Gasteiger partial charge < -0.3 is 14.5 Å². The smallest absolute Gasteiger partial charge is 0.197 e. The van der Waals surface area contributed by atoms with Gasteiger partial charge in [-0.3, -0.25) is 4.98 Å². The van der Waals surface area contributed by atoms with Crippen LogP contribution in [0.4, 0.5) is 0 Å². The van der Waals surface area contributed by atoms with Gasteiger partial charge in [-0.2, -0.15) is 0 Å². The van der Waals surface area contributed by atoms with E-state index in [-0.39, 0.29) is 0 Å². The van der Waals surface area contributed by atoms with Crippen LogP contribution in [0, 0.1) is 13.8 Å². The molecule has 2 N–H and O–H groups in total. The molecule has 0 aliphatic heterocycles. The predicted octanol–water partition coefficient (Wildman–Crippen LogP) is 2.55. The van der Waals surface area contributed by atoms with Crippen molar-refractivity contribution in [3.05, 3.63) is 35.2 Å². The van der Waals surface area contributed by atoms with E-state index in [2.05, 4.69) is 9.97 Å². The van der Waals surface area contributed by atoms with Gasteiger partial charge in [0.05, 0.1) is 12.8 Å². The minimum absolute atomic E-state index is 0.525. The van der Waals surface area contributed by atoms with Crippen LogP contribution in [-0.2, 0) is 6.61 Å². The standard InChI is InChI=1S/C12H16N2O2/c1-8-9(2)12(14-11(8)15-3)16-7-10-5-4-6-13-10/h4-6,13-14H,7H2,1-3H3. The quantitative estimate of drug-likeness (QED) is 0.831. The van der Waals surface area contributed by atoms with Gasteiger partial charge in [0.2, 0.25) is 0 Å². The van der Waals surface area contributed by atoms with Crippen molar-refractivity contribution >= 4 is 0 Å². The molecule has 0 aliphatic rings. The summed E-state index contributed by atoms with van der Waals surface area (Å²) in [4.78, 5) is 6.20. The third-order valence-corrected chi connectivity index (χ3v) is 2.71. The molecule has 86 valence electrons. The molecule has 0 aromatic carbocycles. The fourth-order valence-electron chi connectivity index (χ4n) is 1.59. The Bertz CT molecular complexity index is 458. The molecule has 0 aliphatic carbocycles. The van der Waals surface area contributed by atoms with Gasteiger partial charge in [-0.15, -0.1) is 0 Å². The Labute approximate surface area is 94.6 Å². The highest BCUT2D eigenvalue weighted by Crippen LogP contribution is 2.29. The van der Waals surface area contributed by atoms with E-state index in [1.165, 1.54) is 0 Å². The molecular formula is C12H16N2O2. The molecule has 0 bridgehead atoms. The van der Waals surface area contributed by atoms with Gasteiger partial charge in [0, 0.05) is 17.3 Å². The first kappa shape index (κ1) is 10.7. The summed E-state index contributed by atoms with van der Waals surface area (Å²) in [6.07, 6.45) is 1.88. The molecule has 0 radical (unpaired) electrons. The summed E-state index contributed by atoms with van der Waals surface area (Å²) in [6.45, 7) is 4.54. The molecule has 0 atom stereocenters. The number of hydrogen-bond acceptors (Lipinski definition) is 2.